The van der Waals surface area contributed by atoms with Crippen LogP contribution in [0.3, 0.4) is 0 Å². The summed E-state index contributed by atoms with van der Waals surface area (Å²) in [5.41, 5.74) is 1.10. The summed E-state index contributed by atoms with van der Waals surface area (Å²) in [6, 6.07) is 11.9. The molecule has 3 nitrogen and oxygen atoms in total. The van der Waals surface area contributed by atoms with E-state index < -0.39 is 0 Å². The Morgan fingerprint density at radius 2 is 2.09 bits per heavy atom. The fourth-order valence-corrected chi connectivity index (χ4v) is 3.66. The SMILES string of the molecule is CC(C)[C@H](NC(=O)CN(C)Cc1cccc(Cl)c1)c1cccs1. The fourth-order valence-electron chi connectivity index (χ4n) is 2.50. The smallest absolute Gasteiger partial charge is 0.234 e. The van der Waals surface area contributed by atoms with Gasteiger partial charge in [0.15, 0.2) is 0 Å². The number of hydrogen-bond donors (Lipinski definition) is 1. The van der Waals surface area contributed by atoms with E-state index >= 15 is 0 Å². The molecule has 0 spiro atoms. The minimum absolute atomic E-state index is 0.0432. The number of hydrogen-bond acceptors (Lipinski definition) is 3. The molecule has 1 atom stereocenters. The highest BCUT2D eigenvalue weighted by Crippen LogP contribution is 2.25. The summed E-state index contributed by atoms with van der Waals surface area (Å²) in [4.78, 5) is 15.5. The zero-order valence-corrected chi connectivity index (χ0v) is 15.3. The van der Waals surface area contributed by atoms with E-state index in [0.29, 0.717) is 19.0 Å². The first-order valence-electron chi connectivity index (χ1n) is 7.71. The molecule has 1 aromatic heterocycles. The first-order valence-corrected chi connectivity index (χ1v) is 8.97. The van der Waals surface area contributed by atoms with Crippen LogP contribution in [-0.2, 0) is 11.3 Å². The molecule has 0 aliphatic rings. The van der Waals surface area contributed by atoms with E-state index in [4.69, 9.17) is 11.6 Å². The minimum atomic E-state index is 0.0432. The Balaban J connectivity index is 1.90. The average molecular weight is 351 g/mol. The number of likely N-dealkylation sites (N-methyl/N-ethyl adjacent to an activating group) is 1. The predicted molar refractivity (Wildman–Crippen MR) is 97.8 cm³/mol. The van der Waals surface area contributed by atoms with Gasteiger partial charge in [0.25, 0.3) is 0 Å². The number of carbonyl (C=O) groups is 1. The third-order valence-electron chi connectivity index (χ3n) is 3.59. The third kappa shape index (κ3) is 5.65. The molecule has 1 amide bonds. The van der Waals surface area contributed by atoms with Gasteiger partial charge in [0.2, 0.25) is 5.91 Å². The molecule has 0 fully saturated rings. The number of benzene rings is 1. The molecule has 2 aromatic rings. The minimum Gasteiger partial charge on any atom is -0.347 e. The summed E-state index contributed by atoms with van der Waals surface area (Å²) in [5.74, 6) is 0.400. The van der Waals surface area contributed by atoms with E-state index in [1.807, 2.05) is 47.7 Å². The van der Waals surface area contributed by atoms with Crippen LogP contribution in [0.4, 0.5) is 0 Å². The molecule has 1 aromatic carbocycles. The lowest BCUT2D eigenvalue weighted by Gasteiger charge is -2.23. The highest BCUT2D eigenvalue weighted by molar-refractivity contribution is 7.10. The maximum absolute atomic E-state index is 12.3. The summed E-state index contributed by atoms with van der Waals surface area (Å²) in [6.45, 7) is 5.31. The van der Waals surface area contributed by atoms with Gasteiger partial charge in [-0.1, -0.05) is 43.6 Å². The molecule has 0 unspecified atom stereocenters. The zero-order chi connectivity index (χ0) is 16.8. The standard InChI is InChI=1S/C18H23ClN2OS/c1-13(2)18(16-8-5-9-23-16)20-17(22)12-21(3)11-14-6-4-7-15(19)10-14/h4-10,13,18H,11-12H2,1-3H3,(H,20,22)/t18-/m0/s1. The van der Waals surface area contributed by atoms with Crippen LogP contribution in [0.15, 0.2) is 41.8 Å². The molecular formula is C18H23ClN2OS. The second kappa shape index (κ2) is 8.48. The first-order chi connectivity index (χ1) is 11.0. The van der Waals surface area contributed by atoms with E-state index in [9.17, 15) is 4.79 Å². The van der Waals surface area contributed by atoms with Crippen molar-refractivity contribution in [3.8, 4) is 0 Å². The molecule has 23 heavy (non-hydrogen) atoms. The highest BCUT2D eigenvalue weighted by atomic mass is 35.5. The van der Waals surface area contributed by atoms with E-state index in [-0.39, 0.29) is 11.9 Å². The van der Waals surface area contributed by atoms with Gasteiger partial charge >= 0.3 is 0 Å². The van der Waals surface area contributed by atoms with Crippen molar-refractivity contribution in [2.45, 2.75) is 26.4 Å². The second-order valence-electron chi connectivity index (χ2n) is 6.11. The van der Waals surface area contributed by atoms with Gasteiger partial charge in [-0.25, -0.2) is 0 Å². The van der Waals surface area contributed by atoms with Crippen LogP contribution in [0.1, 0.15) is 30.3 Å². The maximum Gasteiger partial charge on any atom is 0.234 e. The molecule has 0 aliphatic heterocycles. The average Bonchev–Trinajstić information content (AvgIpc) is 2.98. The molecule has 2 rings (SSSR count). The Hall–Kier alpha value is -1.36. The molecule has 0 saturated carbocycles. The lowest BCUT2D eigenvalue weighted by Crippen LogP contribution is -2.38. The van der Waals surface area contributed by atoms with Crippen molar-refractivity contribution in [3.63, 3.8) is 0 Å². The normalized spacial score (nSPS) is 12.6. The quantitative estimate of drug-likeness (QED) is 0.805. The van der Waals surface area contributed by atoms with Crippen LogP contribution in [0.25, 0.3) is 0 Å². The van der Waals surface area contributed by atoms with Crippen LogP contribution in [-0.4, -0.2) is 24.4 Å². The van der Waals surface area contributed by atoms with Crippen molar-refractivity contribution in [1.29, 1.82) is 0 Å². The lowest BCUT2D eigenvalue weighted by molar-refractivity contribution is -0.123. The number of halogens is 1. The molecular weight excluding hydrogens is 328 g/mol. The zero-order valence-electron chi connectivity index (χ0n) is 13.8. The highest BCUT2D eigenvalue weighted by Gasteiger charge is 2.19. The van der Waals surface area contributed by atoms with Gasteiger partial charge in [-0.2, -0.15) is 0 Å². The molecule has 1 N–H and O–H groups in total. The van der Waals surface area contributed by atoms with Gasteiger partial charge in [0.1, 0.15) is 0 Å². The van der Waals surface area contributed by atoms with Crippen molar-refractivity contribution in [3.05, 3.63) is 57.2 Å². The number of rotatable bonds is 7. The van der Waals surface area contributed by atoms with E-state index in [2.05, 4.69) is 25.2 Å². The molecule has 0 radical (unpaired) electrons. The van der Waals surface area contributed by atoms with Gasteiger partial charge in [-0.15, -0.1) is 11.3 Å². The summed E-state index contributed by atoms with van der Waals surface area (Å²) >= 11 is 7.68. The van der Waals surface area contributed by atoms with Gasteiger partial charge in [0.05, 0.1) is 12.6 Å². The Morgan fingerprint density at radius 1 is 1.30 bits per heavy atom. The van der Waals surface area contributed by atoms with Crippen molar-refractivity contribution < 1.29 is 4.79 Å². The largest absolute Gasteiger partial charge is 0.347 e. The van der Waals surface area contributed by atoms with Crippen LogP contribution < -0.4 is 5.32 Å². The lowest BCUT2D eigenvalue weighted by atomic mass is 10.0. The Kier molecular flexibility index (Phi) is 6.63. The molecule has 1 heterocycles. The molecule has 124 valence electrons. The molecule has 0 saturated heterocycles. The van der Waals surface area contributed by atoms with Crippen LogP contribution in [0.5, 0.6) is 0 Å². The summed E-state index contributed by atoms with van der Waals surface area (Å²) in [5, 5.41) is 5.91. The number of amides is 1. The van der Waals surface area contributed by atoms with E-state index in [0.717, 1.165) is 10.6 Å². The van der Waals surface area contributed by atoms with Crippen LogP contribution in [0, 0.1) is 5.92 Å². The molecule has 5 heteroatoms. The number of nitrogens with zero attached hydrogens (tertiary/aromatic N) is 1. The van der Waals surface area contributed by atoms with Gasteiger partial charge in [-0.05, 0) is 42.1 Å². The van der Waals surface area contributed by atoms with Crippen molar-refractivity contribution in [2.24, 2.45) is 5.92 Å². The fraction of sp³-hybridized carbons (Fsp3) is 0.389. The topological polar surface area (TPSA) is 32.3 Å². The number of nitrogens with one attached hydrogen (secondary N) is 1. The predicted octanol–water partition coefficient (Wildman–Crippen LogP) is 4.35. The van der Waals surface area contributed by atoms with Crippen molar-refractivity contribution >= 4 is 28.8 Å². The number of carbonyl (C=O) groups excluding carboxylic acids is 1. The second-order valence-corrected chi connectivity index (χ2v) is 7.52. The van der Waals surface area contributed by atoms with Crippen LogP contribution >= 0.6 is 22.9 Å². The van der Waals surface area contributed by atoms with Crippen LogP contribution in [0.2, 0.25) is 5.02 Å². The number of thiophene rings is 1. The maximum atomic E-state index is 12.3. The van der Waals surface area contributed by atoms with Crippen molar-refractivity contribution in [2.75, 3.05) is 13.6 Å². The Morgan fingerprint density at radius 3 is 2.70 bits per heavy atom. The summed E-state index contributed by atoms with van der Waals surface area (Å²) in [6.07, 6.45) is 0. The monoisotopic (exact) mass is 350 g/mol. The van der Waals surface area contributed by atoms with Gasteiger partial charge < -0.3 is 5.32 Å². The third-order valence-corrected chi connectivity index (χ3v) is 4.78. The van der Waals surface area contributed by atoms with E-state index in [1.165, 1.54) is 4.88 Å². The first kappa shape index (κ1) is 18.0. The summed E-state index contributed by atoms with van der Waals surface area (Å²) < 4.78 is 0. The molecule has 0 bridgehead atoms. The van der Waals surface area contributed by atoms with Gasteiger partial charge in [-0.3, -0.25) is 9.69 Å². The Bertz CT molecular complexity index is 628. The molecule has 0 aliphatic carbocycles. The van der Waals surface area contributed by atoms with Gasteiger partial charge in [0, 0.05) is 16.4 Å². The van der Waals surface area contributed by atoms with Crippen molar-refractivity contribution in [1.82, 2.24) is 10.2 Å². The summed E-state index contributed by atoms with van der Waals surface area (Å²) in [7, 11) is 1.94. The van der Waals surface area contributed by atoms with E-state index in [1.54, 1.807) is 11.3 Å². The Labute approximate surface area is 147 Å².